The molecule has 10 heteroatoms. The van der Waals surface area contributed by atoms with Gasteiger partial charge in [-0.05, 0) is 11.6 Å². The summed E-state index contributed by atoms with van der Waals surface area (Å²) in [6.07, 6.45) is -3.95. The van der Waals surface area contributed by atoms with Gasteiger partial charge in [-0.15, -0.1) is 0 Å². The van der Waals surface area contributed by atoms with Crippen LogP contribution in [0.5, 0.6) is 0 Å². The number of alkyl halides is 3. The number of rotatable bonds is 6. The van der Waals surface area contributed by atoms with Crippen LogP contribution in [0.25, 0.3) is 0 Å². The van der Waals surface area contributed by atoms with Gasteiger partial charge in [-0.3, -0.25) is 9.48 Å². The van der Waals surface area contributed by atoms with E-state index in [-0.39, 0.29) is 12.1 Å². The Morgan fingerprint density at radius 3 is 2.60 bits per heavy atom. The number of carboxylic acids is 1. The zero-order valence-electron chi connectivity index (χ0n) is 12.6. The maximum atomic E-state index is 12.4. The molecule has 1 aromatic carbocycles. The number of aromatic nitrogens is 2. The van der Waals surface area contributed by atoms with Crippen molar-refractivity contribution in [2.24, 2.45) is 0 Å². The largest absolute Gasteiger partial charge is 0.480 e. The first kappa shape index (κ1) is 18.8. The molecule has 0 spiro atoms. The van der Waals surface area contributed by atoms with Crippen LogP contribution in [0.4, 0.5) is 13.2 Å². The average Bonchev–Trinajstić information content (AvgIpc) is 2.96. The summed E-state index contributed by atoms with van der Waals surface area (Å²) < 4.78 is 38.4. The third-order valence-corrected chi connectivity index (χ3v) is 3.59. The van der Waals surface area contributed by atoms with E-state index in [0.717, 1.165) is 11.8 Å². The van der Waals surface area contributed by atoms with Crippen LogP contribution in [0.1, 0.15) is 22.3 Å². The molecule has 0 saturated heterocycles. The fraction of sp³-hybridized carbons (Fsp3) is 0.267. The van der Waals surface area contributed by atoms with E-state index < -0.39 is 30.5 Å². The highest BCUT2D eigenvalue weighted by atomic mass is 35.5. The first-order valence-corrected chi connectivity index (χ1v) is 7.40. The molecule has 0 bridgehead atoms. The highest BCUT2D eigenvalue weighted by molar-refractivity contribution is 6.31. The number of nitrogens with zero attached hydrogens (tertiary/aromatic N) is 2. The molecule has 0 aliphatic rings. The first-order valence-electron chi connectivity index (χ1n) is 7.02. The van der Waals surface area contributed by atoms with Crippen molar-refractivity contribution >= 4 is 23.5 Å². The molecule has 25 heavy (non-hydrogen) atoms. The molecule has 2 aromatic rings. The van der Waals surface area contributed by atoms with Gasteiger partial charge in [-0.2, -0.15) is 18.3 Å². The Hall–Kier alpha value is -2.55. The third-order valence-electron chi connectivity index (χ3n) is 3.22. The van der Waals surface area contributed by atoms with E-state index in [0.29, 0.717) is 5.02 Å². The number of hydrogen-bond donors (Lipinski definition) is 2. The molecule has 1 heterocycles. The number of carbonyl (C=O) groups is 2. The maximum absolute atomic E-state index is 12.4. The average molecular weight is 376 g/mol. The number of amides is 1. The predicted octanol–water partition coefficient (Wildman–Crippen LogP) is 2.72. The molecule has 0 radical (unpaired) electrons. The molecule has 0 saturated carbocycles. The Bertz CT molecular complexity index is 777. The van der Waals surface area contributed by atoms with E-state index in [4.69, 9.17) is 16.7 Å². The first-order chi connectivity index (χ1) is 11.7. The van der Waals surface area contributed by atoms with E-state index in [9.17, 15) is 22.8 Å². The van der Waals surface area contributed by atoms with Crippen LogP contribution >= 0.6 is 11.6 Å². The molecule has 2 rings (SSSR count). The second kappa shape index (κ2) is 7.56. The van der Waals surface area contributed by atoms with Gasteiger partial charge in [0.1, 0.15) is 6.04 Å². The van der Waals surface area contributed by atoms with Crippen LogP contribution in [0, 0.1) is 0 Å². The third kappa shape index (κ3) is 5.49. The molecule has 1 atom stereocenters. The summed E-state index contributed by atoms with van der Waals surface area (Å²) in [6, 6.07) is 4.89. The number of hydrogen-bond acceptors (Lipinski definition) is 3. The van der Waals surface area contributed by atoms with Gasteiger partial charge in [-0.25, -0.2) is 4.79 Å². The van der Waals surface area contributed by atoms with E-state index in [1.54, 1.807) is 24.3 Å². The number of benzene rings is 1. The van der Waals surface area contributed by atoms with Crippen LogP contribution in [0.15, 0.2) is 36.7 Å². The van der Waals surface area contributed by atoms with Crippen molar-refractivity contribution in [3.05, 3.63) is 52.8 Å². The van der Waals surface area contributed by atoms with Gasteiger partial charge in [0.05, 0.1) is 24.7 Å². The minimum atomic E-state index is -4.72. The lowest BCUT2D eigenvalue weighted by Gasteiger charge is -2.15. The van der Waals surface area contributed by atoms with E-state index in [1.807, 2.05) is 5.32 Å². The molecule has 0 aliphatic carbocycles. The molecular formula is C15H13ClF3N3O3. The minimum Gasteiger partial charge on any atom is -0.480 e. The summed E-state index contributed by atoms with van der Waals surface area (Å²) in [5.41, 5.74) is 0.681. The van der Waals surface area contributed by atoms with Crippen molar-refractivity contribution in [1.29, 1.82) is 0 Å². The lowest BCUT2D eigenvalue weighted by molar-refractivity contribution is -0.157. The quantitative estimate of drug-likeness (QED) is 0.813. The molecule has 0 aliphatic heterocycles. The van der Waals surface area contributed by atoms with Crippen molar-refractivity contribution in [2.45, 2.75) is 25.2 Å². The maximum Gasteiger partial charge on any atom is 0.391 e. The molecule has 1 unspecified atom stereocenters. The smallest absolute Gasteiger partial charge is 0.391 e. The molecule has 6 nitrogen and oxygen atoms in total. The summed E-state index contributed by atoms with van der Waals surface area (Å²) in [7, 11) is 0. The van der Waals surface area contributed by atoms with Crippen molar-refractivity contribution in [1.82, 2.24) is 15.1 Å². The summed E-state index contributed by atoms with van der Waals surface area (Å²) in [5.74, 6) is -2.73. The predicted molar refractivity (Wildman–Crippen MR) is 82.3 cm³/mol. The fourth-order valence-corrected chi connectivity index (χ4v) is 2.24. The Morgan fingerprint density at radius 1 is 1.32 bits per heavy atom. The second-order valence-electron chi connectivity index (χ2n) is 5.20. The second-order valence-corrected chi connectivity index (χ2v) is 5.61. The van der Waals surface area contributed by atoms with Gasteiger partial charge in [0.2, 0.25) is 0 Å². The number of carboxylic acid groups (broad SMARTS) is 1. The number of halogens is 4. The Kier molecular flexibility index (Phi) is 5.68. The van der Waals surface area contributed by atoms with Gasteiger partial charge in [0.15, 0.2) is 0 Å². The Labute approximate surface area is 145 Å². The van der Waals surface area contributed by atoms with Gasteiger partial charge >= 0.3 is 12.1 Å². The van der Waals surface area contributed by atoms with Gasteiger partial charge in [0, 0.05) is 11.2 Å². The highest BCUT2D eigenvalue weighted by Crippen LogP contribution is 2.22. The highest BCUT2D eigenvalue weighted by Gasteiger charge is 2.36. The SMILES string of the molecule is O=C(NC(CC(F)(F)F)C(=O)O)c1cnn(Cc2ccccc2Cl)c1. The Morgan fingerprint density at radius 2 is 2.00 bits per heavy atom. The van der Waals surface area contributed by atoms with Crippen LogP contribution in [-0.4, -0.2) is 39.0 Å². The molecule has 0 fully saturated rings. The molecule has 2 N–H and O–H groups in total. The molecular weight excluding hydrogens is 363 g/mol. The lowest BCUT2D eigenvalue weighted by atomic mass is 10.2. The number of nitrogens with one attached hydrogen (secondary N) is 1. The summed E-state index contributed by atoms with van der Waals surface area (Å²) >= 11 is 6.02. The van der Waals surface area contributed by atoms with Gasteiger partial charge < -0.3 is 10.4 Å². The minimum absolute atomic E-state index is 0.0551. The number of carbonyl (C=O) groups excluding carboxylic acids is 1. The summed E-state index contributed by atoms with van der Waals surface area (Å²) in [6.45, 7) is 0.248. The van der Waals surface area contributed by atoms with Crippen LogP contribution in [-0.2, 0) is 11.3 Å². The molecule has 1 amide bonds. The van der Waals surface area contributed by atoms with E-state index >= 15 is 0 Å². The topological polar surface area (TPSA) is 84.2 Å². The van der Waals surface area contributed by atoms with Crippen molar-refractivity contribution < 1.29 is 27.9 Å². The molecule has 1 aromatic heterocycles. The van der Waals surface area contributed by atoms with Crippen LogP contribution < -0.4 is 5.32 Å². The lowest BCUT2D eigenvalue weighted by Crippen LogP contribution is -2.43. The van der Waals surface area contributed by atoms with Crippen molar-refractivity contribution in [3.63, 3.8) is 0 Å². The van der Waals surface area contributed by atoms with Crippen molar-refractivity contribution in [3.8, 4) is 0 Å². The van der Waals surface area contributed by atoms with Crippen molar-refractivity contribution in [2.75, 3.05) is 0 Å². The molecule has 134 valence electrons. The normalized spacial score (nSPS) is 12.6. The van der Waals surface area contributed by atoms with Gasteiger partial charge in [-0.1, -0.05) is 29.8 Å². The standard InChI is InChI=1S/C15H13ClF3N3O3/c16-11-4-2-1-3-9(11)7-22-8-10(6-20-22)13(23)21-12(14(24)25)5-15(17,18)19/h1-4,6,8,12H,5,7H2,(H,21,23)(H,24,25). The summed E-state index contributed by atoms with van der Waals surface area (Å²) in [4.78, 5) is 22.8. The van der Waals surface area contributed by atoms with Gasteiger partial charge in [0.25, 0.3) is 5.91 Å². The van der Waals surface area contributed by atoms with E-state index in [1.165, 1.54) is 10.9 Å². The number of aliphatic carboxylic acids is 1. The Balaban J connectivity index is 2.06. The van der Waals surface area contributed by atoms with Crippen LogP contribution in [0.2, 0.25) is 5.02 Å². The summed E-state index contributed by atoms with van der Waals surface area (Å²) in [5, 5.41) is 15.1. The zero-order chi connectivity index (χ0) is 18.6. The van der Waals surface area contributed by atoms with Crippen LogP contribution in [0.3, 0.4) is 0 Å². The zero-order valence-corrected chi connectivity index (χ0v) is 13.4. The van der Waals surface area contributed by atoms with E-state index in [2.05, 4.69) is 5.10 Å². The monoisotopic (exact) mass is 375 g/mol. The fourth-order valence-electron chi connectivity index (χ4n) is 2.04.